The van der Waals surface area contributed by atoms with E-state index >= 15 is 0 Å². The van der Waals surface area contributed by atoms with Crippen LogP contribution in [0.4, 0.5) is 5.82 Å². The number of aliphatic hydroxyl groups is 1. The van der Waals surface area contributed by atoms with E-state index < -0.39 is 17.8 Å². The van der Waals surface area contributed by atoms with E-state index in [4.69, 9.17) is 20.2 Å². The molecule has 0 amide bonds. The molecule has 0 spiro atoms. The zero-order valence-electron chi connectivity index (χ0n) is 19.2. The fraction of sp³-hybridized carbons (Fsp3) is 0.455. The van der Waals surface area contributed by atoms with E-state index in [2.05, 4.69) is 50.0 Å². The standard InChI is InChI=1S/C22H27IN6O4S/c1-12(30)33-22(2,3)20(31)25-6-4-7-29-19-17(18(24)26-11-27-19)28-21(29)34-16-10-15-13(5-8-32-15)9-14(16)23/h9-11,20,25,31H,4-8H2,1-3H3,(H2,24,26,27). The Bertz CT molecular complexity index is 1220. The van der Waals surface area contributed by atoms with Crippen LogP contribution in [0.3, 0.4) is 0 Å². The summed E-state index contributed by atoms with van der Waals surface area (Å²) in [4.78, 5) is 25.5. The number of benzene rings is 1. The number of carbonyl (C=O) groups excluding carboxylic acids is 1. The van der Waals surface area contributed by atoms with Crippen LogP contribution in [-0.2, 0) is 22.5 Å². The number of nitrogens with two attached hydrogens (primary N) is 1. The van der Waals surface area contributed by atoms with E-state index in [9.17, 15) is 9.90 Å². The number of aliphatic hydroxyl groups excluding tert-OH is 1. The number of nitrogens with zero attached hydrogens (tertiary/aromatic N) is 4. The molecule has 1 aliphatic heterocycles. The number of nitrogens with one attached hydrogen (secondary N) is 1. The number of aromatic nitrogens is 4. The number of esters is 1. The Morgan fingerprint density at radius 3 is 3.00 bits per heavy atom. The van der Waals surface area contributed by atoms with Gasteiger partial charge in [-0.2, -0.15) is 0 Å². The van der Waals surface area contributed by atoms with Crippen molar-refractivity contribution in [3.8, 4) is 5.75 Å². The first-order chi connectivity index (χ1) is 16.2. The number of carbonyl (C=O) groups is 1. The lowest BCUT2D eigenvalue weighted by atomic mass is 10.1. The summed E-state index contributed by atoms with van der Waals surface area (Å²) < 4.78 is 14.1. The smallest absolute Gasteiger partial charge is 0.303 e. The van der Waals surface area contributed by atoms with Crippen LogP contribution in [-0.4, -0.2) is 55.6 Å². The molecule has 12 heteroatoms. The highest BCUT2D eigenvalue weighted by atomic mass is 127. The van der Waals surface area contributed by atoms with Crippen LogP contribution >= 0.6 is 34.4 Å². The van der Waals surface area contributed by atoms with E-state index in [0.29, 0.717) is 43.1 Å². The second kappa shape index (κ2) is 10.2. The topological polar surface area (TPSA) is 137 Å². The van der Waals surface area contributed by atoms with Crippen molar-refractivity contribution in [2.45, 2.75) is 62.0 Å². The number of halogens is 1. The molecule has 10 nitrogen and oxygen atoms in total. The molecule has 4 N–H and O–H groups in total. The first-order valence-corrected chi connectivity index (χ1v) is 12.8. The highest BCUT2D eigenvalue weighted by molar-refractivity contribution is 14.1. The van der Waals surface area contributed by atoms with Crippen molar-refractivity contribution < 1.29 is 19.4 Å². The van der Waals surface area contributed by atoms with Gasteiger partial charge < -0.3 is 24.9 Å². The summed E-state index contributed by atoms with van der Waals surface area (Å²) in [6, 6.07) is 4.21. The highest BCUT2D eigenvalue weighted by Gasteiger charge is 2.30. The number of hydrogen-bond acceptors (Lipinski definition) is 10. The third-order valence-corrected chi connectivity index (χ3v) is 7.74. The summed E-state index contributed by atoms with van der Waals surface area (Å²) in [5, 5.41) is 14.2. The van der Waals surface area contributed by atoms with Gasteiger partial charge in [0.1, 0.15) is 23.9 Å². The Balaban J connectivity index is 1.51. The summed E-state index contributed by atoms with van der Waals surface area (Å²) in [6.07, 6.45) is 2.02. The van der Waals surface area contributed by atoms with Gasteiger partial charge in [-0.1, -0.05) is 11.8 Å². The number of nitrogen functional groups attached to an aromatic ring is 1. The third-order valence-electron chi connectivity index (χ3n) is 5.43. The van der Waals surface area contributed by atoms with Crippen molar-refractivity contribution in [3.05, 3.63) is 27.6 Å². The zero-order chi connectivity index (χ0) is 24.5. The molecule has 1 aromatic carbocycles. The van der Waals surface area contributed by atoms with E-state index in [-0.39, 0.29) is 0 Å². The van der Waals surface area contributed by atoms with Crippen molar-refractivity contribution in [1.29, 1.82) is 0 Å². The number of ether oxygens (including phenoxy) is 2. The molecular formula is C22H27IN6O4S. The maximum absolute atomic E-state index is 11.3. The monoisotopic (exact) mass is 598 g/mol. The summed E-state index contributed by atoms with van der Waals surface area (Å²) in [6.45, 7) is 6.41. The first kappa shape index (κ1) is 24.9. The first-order valence-electron chi connectivity index (χ1n) is 10.9. The maximum Gasteiger partial charge on any atom is 0.303 e. The minimum absolute atomic E-state index is 0.328. The van der Waals surface area contributed by atoms with E-state index in [1.807, 2.05) is 4.57 Å². The van der Waals surface area contributed by atoms with Crippen LogP contribution in [0.5, 0.6) is 5.75 Å². The number of hydrogen-bond donors (Lipinski definition) is 3. The van der Waals surface area contributed by atoms with Gasteiger partial charge in [-0.3, -0.25) is 10.1 Å². The molecule has 2 aromatic heterocycles. The Morgan fingerprint density at radius 2 is 2.24 bits per heavy atom. The predicted molar refractivity (Wildman–Crippen MR) is 137 cm³/mol. The molecule has 0 aliphatic carbocycles. The number of anilines is 1. The fourth-order valence-electron chi connectivity index (χ4n) is 3.71. The largest absolute Gasteiger partial charge is 0.493 e. The lowest BCUT2D eigenvalue weighted by Gasteiger charge is -2.30. The number of imidazole rings is 1. The van der Waals surface area contributed by atoms with Gasteiger partial charge in [-0.25, -0.2) is 15.0 Å². The Hall–Kier alpha value is -2.16. The van der Waals surface area contributed by atoms with Crippen LogP contribution in [0.15, 0.2) is 28.5 Å². The number of aryl methyl sites for hydroxylation is 1. The normalized spacial score (nSPS) is 14.1. The maximum atomic E-state index is 11.3. The average Bonchev–Trinajstić information content (AvgIpc) is 3.35. The molecule has 3 heterocycles. The Kier molecular flexibility index (Phi) is 7.50. The van der Waals surface area contributed by atoms with Crippen molar-refractivity contribution in [1.82, 2.24) is 24.8 Å². The van der Waals surface area contributed by atoms with Crippen LogP contribution in [0.1, 0.15) is 32.8 Å². The van der Waals surface area contributed by atoms with E-state index in [1.54, 1.807) is 13.8 Å². The van der Waals surface area contributed by atoms with Crippen molar-refractivity contribution in [2.24, 2.45) is 0 Å². The molecule has 0 radical (unpaired) electrons. The summed E-state index contributed by atoms with van der Waals surface area (Å²) >= 11 is 3.87. The lowest BCUT2D eigenvalue weighted by Crippen LogP contribution is -2.49. The molecule has 34 heavy (non-hydrogen) atoms. The SMILES string of the molecule is CC(=O)OC(C)(C)C(O)NCCCn1c(Sc2cc3c(cc2I)CCO3)nc2c(N)ncnc21. The van der Waals surface area contributed by atoms with E-state index in [0.717, 1.165) is 25.8 Å². The summed E-state index contributed by atoms with van der Waals surface area (Å²) in [5.74, 6) is 0.800. The molecule has 1 unspecified atom stereocenters. The molecule has 182 valence electrons. The minimum atomic E-state index is -1.04. The molecule has 1 aliphatic rings. The number of rotatable bonds is 9. The molecule has 1 atom stereocenters. The lowest BCUT2D eigenvalue weighted by molar-refractivity contribution is -0.167. The molecular weight excluding hydrogens is 571 g/mol. The van der Waals surface area contributed by atoms with Gasteiger partial charge in [0.2, 0.25) is 0 Å². The number of fused-ring (bicyclic) bond motifs is 2. The van der Waals surface area contributed by atoms with Gasteiger partial charge in [0, 0.05) is 28.4 Å². The third kappa shape index (κ3) is 5.39. The molecule has 0 bridgehead atoms. The second-order valence-corrected chi connectivity index (χ2v) is 10.6. The average molecular weight is 598 g/mol. The van der Waals surface area contributed by atoms with Gasteiger partial charge >= 0.3 is 5.97 Å². The Morgan fingerprint density at radius 1 is 1.44 bits per heavy atom. The van der Waals surface area contributed by atoms with E-state index in [1.165, 1.54) is 30.6 Å². The van der Waals surface area contributed by atoms with Gasteiger partial charge in [0.25, 0.3) is 0 Å². The summed E-state index contributed by atoms with van der Waals surface area (Å²) in [5.41, 5.74) is 7.47. The van der Waals surface area contributed by atoms with Crippen LogP contribution in [0, 0.1) is 3.57 Å². The molecule has 4 rings (SSSR count). The second-order valence-electron chi connectivity index (χ2n) is 8.48. The quantitative estimate of drug-likeness (QED) is 0.146. The zero-order valence-corrected chi connectivity index (χ0v) is 22.1. The Labute approximate surface area is 215 Å². The van der Waals surface area contributed by atoms with Gasteiger partial charge in [0.15, 0.2) is 22.1 Å². The minimum Gasteiger partial charge on any atom is -0.493 e. The molecule has 0 saturated heterocycles. The fourth-order valence-corrected chi connectivity index (χ4v) is 5.52. The van der Waals surface area contributed by atoms with Crippen molar-refractivity contribution >= 4 is 57.3 Å². The van der Waals surface area contributed by atoms with Crippen LogP contribution in [0.2, 0.25) is 0 Å². The van der Waals surface area contributed by atoms with Crippen LogP contribution < -0.4 is 15.8 Å². The van der Waals surface area contributed by atoms with Crippen molar-refractivity contribution in [3.63, 3.8) is 0 Å². The molecule has 3 aromatic rings. The van der Waals surface area contributed by atoms with Gasteiger partial charge in [-0.15, -0.1) is 0 Å². The molecule has 0 fully saturated rings. The van der Waals surface area contributed by atoms with Crippen molar-refractivity contribution in [2.75, 3.05) is 18.9 Å². The van der Waals surface area contributed by atoms with Gasteiger partial charge in [-0.05, 0) is 67.1 Å². The van der Waals surface area contributed by atoms with Crippen LogP contribution in [0.25, 0.3) is 11.2 Å². The predicted octanol–water partition coefficient (Wildman–Crippen LogP) is 2.74. The summed E-state index contributed by atoms with van der Waals surface area (Å²) in [7, 11) is 0. The molecule has 0 saturated carbocycles. The highest BCUT2D eigenvalue weighted by Crippen LogP contribution is 2.38. The van der Waals surface area contributed by atoms with Gasteiger partial charge in [0.05, 0.1) is 6.61 Å².